The molecule has 0 radical (unpaired) electrons. The standard InChI is InChI=1S/C32H33N2O/c1-18(2)32(19(3)4)26-11-9-8-10-22(26)24-17-25-23-13-12-21(6)28(27-16-20(5)14-15-34(27)7)29(23)35-31(25)33-30(24)32/h8-19H,1-7H3/q+1. The average Bonchev–Trinajstić information content (AvgIpc) is 3.32. The molecule has 0 bridgehead atoms. The lowest BCUT2D eigenvalue weighted by Gasteiger charge is -2.39. The zero-order chi connectivity index (χ0) is 24.6. The predicted molar refractivity (Wildman–Crippen MR) is 143 cm³/mol. The van der Waals surface area contributed by atoms with Crippen molar-refractivity contribution >= 4 is 22.1 Å². The molecule has 2 aromatic carbocycles. The number of fused-ring (bicyclic) bond motifs is 6. The Hall–Kier alpha value is -3.46. The first-order valence-corrected chi connectivity index (χ1v) is 12.7. The Morgan fingerprint density at radius 3 is 2.34 bits per heavy atom. The first-order chi connectivity index (χ1) is 16.7. The topological polar surface area (TPSA) is 29.9 Å². The highest BCUT2D eigenvalue weighted by Gasteiger charge is 2.49. The summed E-state index contributed by atoms with van der Waals surface area (Å²) < 4.78 is 8.84. The van der Waals surface area contributed by atoms with Gasteiger partial charge in [-0.25, -0.2) is 9.55 Å². The van der Waals surface area contributed by atoms with Gasteiger partial charge in [0, 0.05) is 33.9 Å². The van der Waals surface area contributed by atoms with Crippen molar-refractivity contribution < 1.29 is 8.98 Å². The van der Waals surface area contributed by atoms with Gasteiger partial charge in [-0.2, -0.15) is 0 Å². The molecule has 0 N–H and O–H groups in total. The highest BCUT2D eigenvalue weighted by atomic mass is 16.3. The molecule has 1 aliphatic rings. The molecular weight excluding hydrogens is 428 g/mol. The van der Waals surface area contributed by atoms with Gasteiger partial charge in [0.15, 0.2) is 11.8 Å². The van der Waals surface area contributed by atoms with Gasteiger partial charge in [0.25, 0.3) is 0 Å². The Labute approximate surface area is 207 Å². The highest BCUT2D eigenvalue weighted by Crippen LogP contribution is 2.56. The fraction of sp³-hybridized carbons (Fsp3) is 0.312. The molecule has 3 heteroatoms. The van der Waals surface area contributed by atoms with E-state index in [1.165, 1.54) is 27.8 Å². The minimum Gasteiger partial charge on any atom is -0.437 e. The normalized spacial score (nSPS) is 14.3. The lowest BCUT2D eigenvalue weighted by molar-refractivity contribution is -0.660. The Morgan fingerprint density at radius 2 is 1.60 bits per heavy atom. The Bertz CT molecular complexity index is 1630. The van der Waals surface area contributed by atoms with Crippen molar-refractivity contribution in [1.29, 1.82) is 0 Å². The van der Waals surface area contributed by atoms with Crippen LogP contribution < -0.4 is 4.57 Å². The second-order valence-electron chi connectivity index (χ2n) is 10.9. The van der Waals surface area contributed by atoms with Crippen molar-refractivity contribution in [2.75, 3.05) is 0 Å². The fourth-order valence-electron chi connectivity index (χ4n) is 6.67. The molecular formula is C32H33N2O+. The summed E-state index contributed by atoms with van der Waals surface area (Å²) >= 11 is 0. The van der Waals surface area contributed by atoms with E-state index in [1.807, 2.05) is 0 Å². The average molecular weight is 462 g/mol. The number of pyridine rings is 2. The van der Waals surface area contributed by atoms with Gasteiger partial charge in [-0.3, -0.25) is 0 Å². The van der Waals surface area contributed by atoms with Crippen molar-refractivity contribution in [3.05, 3.63) is 83.2 Å². The van der Waals surface area contributed by atoms with E-state index in [9.17, 15) is 0 Å². The van der Waals surface area contributed by atoms with Gasteiger partial charge < -0.3 is 4.42 Å². The van der Waals surface area contributed by atoms with Crippen molar-refractivity contribution in [2.24, 2.45) is 18.9 Å². The van der Waals surface area contributed by atoms with E-state index in [4.69, 9.17) is 9.40 Å². The summed E-state index contributed by atoms with van der Waals surface area (Å²) in [4.78, 5) is 5.33. The zero-order valence-corrected chi connectivity index (χ0v) is 21.7. The molecule has 0 spiro atoms. The maximum absolute atomic E-state index is 6.67. The molecule has 0 atom stereocenters. The van der Waals surface area contributed by atoms with Crippen LogP contribution in [0.4, 0.5) is 0 Å². The zero-order valence-electron chi connectivity index (χ0n) is 21.7. The lowest BCUT2D eigenvalue weighted by Crippen LogP contribution is -2.38. The van der Waals surface area contributed by atoms with E-state index in [2.05, 4.69) is 114 Å². The Kier molecular flexibility index (Phi) is 4.73. The third-order valence-corrected chi connectivity index (χ3v) is 8.28. The summed E-state index contributed by atoms with van der Waals surface area (Å²) in [6.45, 7) is 13.6. The summed E-state index contributed by atoms with van der Waals surface area (Å²) in [5.41, 5.74) is 11.4. The number of rotatable bonds is 3. The minimum atomic E-state index is -0.138. The highest BCUT2D eigenvalue weighted by molar-refractivity contribution is 6.10. The van der Waals surface area contributed by atoms with Crippen molar-refractivity contribution in [2.45, 2.75) is 47.0 Å². The fourth-order valence-corrected chi connectivity index (χ4v) is 6.67. The number of hydrogen-bond acceptors (Lipinski definition) is 2. The van der Waals surface area contributed by atoms with Crippen LogP contribution in [0, 0.1) is 25.7 Å². The number of aryl methyl sites for hydroxylation is 3. The second kappa shape index (κ2) is 7.52. The van der Waals surface area contributed by atoms with Crippen LogP contribution in [0.3, 0.4) is 0 Å². The van der Waals surface area contributed by atoms with Gasteiger partial charge in [0.05, 0.1) is 11.3 Å². The Balaban J connectivity index is 1.72. The van der Waals surface area contributed by atoms with Crippen molar-refractivity contribution in [1.82, 2.24) is 4.98 Å². The van der Waals surface area contributed by atoms with E-state index in [-0.39, 0.29) is 5.41 Å². The van der Waals surface area contributed by atoms with Crippen LogP contribution in [0.5, 0.6) is 0 Å². The third-order valence-electron chi connectivity index (χ3n) is 8.28. The van der Waals surface area contributed by atoms with Gasteiger partial charge in [0.2, 0.25) is 11.4 Å². The summed E-state index contributed by atoms with van der Waals surface area (Å²) in [6.07, 6.45) is 2.12. The molecule has 0 amide bonds. The molecule has 0 saturated heterocycles. The first kappa shape index (κ1) is 22.0. The molecule has 0 unspecified atom stereocenters. The summed E-state index contributed by atoms with van der Waals surface area (Å²) in [6, 6.07) is 20.0. The van der Waals surface area contributed by atoms with Gasteiger partial charge in [0.1, 0.15) is 7.05 Å². The number of furan rings is 1. The van der Waals surface area contributed by atoms with Crippen LogP contribution >= 0.6 is 0 Å². The summed E-state index contributed by atoms with van der Waals surface area (Å²) in [5, 5.41) is 2.22. The van der Waals surface area contributed by atoms with E-state index in [1.54, 1.807) is 0 Å². The van der Waals surface area contributed by atoms with Crippen LogP contribution in [0.15, 0.2) is 65.2 Å². The van der Waals surface area contributed by atoms with Crippen LogP contribution in [-0.4, -0.2) is 4.98 Å². The summed E-state index contributed by atoms with van der Waals surface area (Å²) in [7, 11) is 2.10. The SMILES string of the molecule is Cc1cc[n+](C)c(-c2c(C)ccc3c2oc2nc4c(cc23)-c2ccccc2C4(C(C)C)C(C)C)c1. The molecule has 3 aromatic heterocycles. The molecule has 176 valence electrons. The van der Waals surface area contributed by atoms with Gasteiger partial charge >= 0.3 is 0 Å². The van der Waals surface area contributed by atoms with Crippen molar-refractivity contribution in [3.8, 4) is 22.4 Å². The van der Waals surface area contributed by atoms with Gasteiger partial charge in [-0.05, 0) is 54.0 Å². The molecule has 0 saturated carbocycles. The quantitative estimate of drug-likeness (QED) is 0.258. The molecule has 1 aliphatic carbocycles. The van der Waals surface area contributed by atoms with E-state index < -0.39 is 0 Å². The second-order valence-corrected chi connectivity index (χ2v) is 10.9. The number of aromatic nitrogens is 2. The van der Waals surface area contributed by atoms with Crippen LogP contribution in [0.1, 0.15) is 50.1 Å². The Morgan fingerprint density at radius 1 is 0.857 bits per heavy atom. The maximum atomic E-state index is 6.67. The van der Waals surface area contributed by atoms with E-state index in [0.717, 1.165) is 39.0 Å². The van der Waals surface area contributed by atoms with E-state index in [0.29, 0.717) is 11.8 Å². The molecule has 6 rings (SSSR count). The van der Waals surface area contributed by atoms with Gasteiger partial charge in [-0.1, -0.05) is 64.1 Å². The summed E-state index contributed by atoms with van der Waals surface area (Å²) in [5.74, 6) is 0.812. The van der Waals surface area contributed by atoms with Gasteiger partial charge in [-0.15, -0.1) is 0 Å². The first-order valence-electron chi connectivity index (χ1n) is 12.7. The van der Waals surface area contributed by atoms with Crippen LogP contribution in [-0.2, 0) is 12.5 Å². The third kappa shape index (κ3) is 2.84. The molecule has 5 aromatic rings. The van der Waals surface area contributed by atoms with Crippen molar-refractivity contribution in [3.63, 3.8) is 0 Å². The number of nitrogens with zero attached hydrogens (tertiary/aromatic N) is 2. The van der Waals surface area contributed by atoms with Crippen LogP contribution in [0.2, 0.25) is 0 Å². The maximum Gasteiger partial charge on any atom is 0.227 e. The van der Waals surface area contributed by atoms with Crippen LogP contribution in [0.25, 0.3) is 44.5 Å². The number of benzene rings is 2. The van der Waals surface area contributed by atoms with E-state index >= 15 is 0 Å². The lowest BCUT2D eigenvalue weighted by atomic mass is 9.64. The molecule has 3 nitrogen and oxygen atoms in total. The molecule has 0 fully saturated rings. The molecule has 3 heterocycles. The largest absolute Gasteiger partial charge is 0.437 e. The molecule has 0 aliphatic heterocycles. The monoisotopic (exact) mass is 461 g/mol. The number of hydrogen-bond donors (Lipinski definition) is 0. The predicted octanol–water partition coefficient (Wildman–Crippen LogP) is 7.67. The minimum absolute atomic E-state index is 0.138. The molecule has 35 heavy (non-hydrogen) atoms. The smallest absolute Gasteiger partial charge is 0.227 e.